The van der Waals surface area contributed by atoms with Gasteiger partial charge in [-0.2, -0.15) is 0 Å². The molecule has 1 fully saturated rings. The summed E-state index contributed by atoms with van der Waals surface area (Å²) in [4.78, 5) is 49.8. The number of carbonyl (C=O) groups excluding carboxylic acids is 4. The third kappa shape index (κ3) is 3.12. The number of hydrogen-bond acceptors (Lipinski definition) is 4. The quantitative estimate of drug-likeness (QED) is 0.540. The summed E-state index contributed by atoms with van der Waals surface area (Å²) in [6.45, 7) is -0.457. The van der Waals surface area contributed by atoms with Crippen molar-refractivity contribution < 1.29 is 19.2 Å². The van der Waals surface area contributed by atoms with Gasteiger partial charge >= 0.3 is 0 Å². The van der Waals surface area contributed by atoms with E-state index in [4.69, 9.17) is 0 Å². The summed E-state index contributed by atoms with van der Waals surface area (Å²) in [6, 6.07) is 0. The first-order chi connectivity index (χ1) is 9.91. The molecule has 2 aliphatic rings. The summed E-state index contributed by atoms with van der Waals surface area (Å²) in [5.41, 5.74) is 0. The molecule has 1 heterocycles. The molecule has 1 saturated heterocycles. The summed E-state index contributed by atoms with van der Waals surface area (Å²) >= 11 is 0. The number of likely N-dealkylation sites (tertiary alicyclic amines) is 1. The molecule has 2 atom stereocenters. The fraction of sp³-hybridized carbons (Fsp3) is 0.571. The maximum Gasteiger partial charge on any atom is 0.241 e. The van der Waals surface area contributed by atoms with Gasteiger partial charge in [0.25, 0.3) is 0 Å². The second-order valence-electron chi connectivity index (χ2n) is 5.48. The molecule has 114 valence electrons. The van der Waals surface area contributed by atoms with Crippen LogP contribution in [0.15, 0.2) is 12.2 Å². The highest BCUT2D eigenvalue weighted by Gasteiger charge is 2.47. The maximum absolute atomic E-state index is 12.1. The highest BCUT2D eigenvalue weighted by molar-refractivity contribution is 6.07. The highest BCUT2D eigenvalue weighted by atomic mass is 16.2. The lowest BCUT2D eigenvalue weighted by molar-refractivity contribution is -0.143. The monoisotopic (exact) mass is 293 g/mol. The zero-order valence-electron chi connectivity index (χ0n) is 12.2. The molecule has 7 nitrogen and oxygen atoms in total. The largest absolute Gasteiger partial charge is 0.347 e. The van der Waals surface area contributed by atoms with Gasteiger partial charge < -0.3 is 10.2 Å². The number of likely N-dealkylation sites (N-methyl/N-ethyl adjacent to an activating group) is 1. The molecule has 4 amide bonds. The van der Waals surface area contributed by atoms with Crippen molar-refractivity contribution in [2.45, 2.75) is 12.8 Å². The van der Waals surface area contributed by atoms with E-state index in [0.29, 0.717) is 12.8 Å². The smallest absolute Gasteiger partial charge is 0.241 e. The number of fused-ring (bicyclic) bond motifs is 1. The number of hydrogen-bond donors (Lipinski definition) is 1. The molecular formula is C14H19N3O4. The Kier molecular flexibility index (Phi) is 4.40. The lowest BCUT2D eigenvalue weighted by atomic mass is 9.85. The zero-order valence-corrected chi connectivity index (χ0v) is 12.2. The molecule has 7 heteroatoms. The van der Waals surface area contributed by atoms with E-state index in [0.717, 1.165) is 4.90 Å². The Hall–Kier alpha value is -2.18. The Balaban J connectivity index is 1.91. The van der Waals surface area contributed by atoms with E-state index in [-0.39, 0.29) is 42.6 Å². The molecule has 0 bridgehead atoms. The fourth-order valence-corrected chi connectivity index (χ4v) is 2.56. The van der Waals surface area contributed by atoms with Gasteiger partial charge in [0.15, 0.2) is 0 Å². The molecule has 0 aromatic heterocycles. The minimum Gasteiger partial charge on any atom is -0.347 e. The van der Waals surface area contributed by atoms with E-state index < -0.39 is 5.91 Å². The van der Waals surface area contributed by atoms with Gasteiger partial charge in [0.05, 0.1) is 18.4 Å². The van der Waals surface area contributed by atoms with E-state index in [2.05, 4.69) is 5.32 Å². The molecule has 0 saturated carbocycles. The standard InChI is InChI=1S/C14H19N3O4/c1-16(2)12(19)7-15-11(18)8-17-13(20)9-5-3-4-6-10(9)14(17)21/h3-4,9-10H,5-8H2,1-2H3,(H,15,18)/t9-,10+. The Bertz CT molecular complexity index is 486. The fourth-order valence-electron chi connectivity index (χ4n) is 2.56. The first-order valence-electron chi connectivity index (χ1n) is 6.89. The van der Waals surface area contributed by atoms with Crippen molar-refractivity contribution in [3.63, 3.8) is 0 Å². The minimum absolute atomic E-state index is 0.142. The van der Waals surface area contributed by atoms with Gasteiger partial charge in [-0.25, -0.2) is 0 Å². The van der Waals surface area contributed by atoms with E-state index >= 15 is 0 Å². The van der Waals surface area contributed by atoms with E-state index in [1.54, 1.807) is 14.1 Å². The van der Waals surface area contributed by atoms with Crippen LogP contribution in [-0.4, -0.2) is 60.6 Å². The van der Waals surface area contributed by atoms with Crippen LogP contribution in [0, 0.1) is 11.8 Å². The second-order valence-corrected chi connectivity index (χ2v) is 5.48. The number of nitrogens with one attached hydrogen (secondary N) is 1. The molecule has 1 N–H and O–H groups in total. The van der Waals surface area contributed by atoms with Crippen molar-refractivity contribution in [2.24, 2.45) is 11.8 Å². The normalized spacial score (nSPS) is 24.0. The van der Waals surface area contributed by atoms with Crippen LogP contribution < -0.4 is 5.32 Å². The van der Waals surface area contributed by atoms with Crippen LogP contribution in [0.1, 0.15) is 12.8 Å². The SMILES string of the molecule is CN(C)C(=O)CNC(=O)CN1C(=O)[C@H]2CC=CC[C@H]2C1=O. The predicted molar refractivity (Wildman–Crippen MR) is 73.8 cm³/mol. The molecule has 2 rings (SSSR count). The summed E-state index contributed by atoms with van der Waals surface area (Å²) in [6.07, 6.45) is 4.89. The first-order valence-corrected chi connectivity index (χ1v) is 6.89. The van der Waals surface area contributed by atoms with Crippen LogP contribution in [0.2, 0.25) is 0 Å². The predicted octanol–water partition coefficient (Wildman–Crippen LogP) is -0.858. The van der Waals surface area contributed by atoms with E-state index in [9.17, 15) is 19.2 Å². The van der Waals surface area contributed by atoms with Gasteiger partial charge in [-0.3, -0.25) is 24.1 Å². The highest BCUT2D eigenvalue weighted by Crippen LogP contribution is 2.34. The average Bonchev–Trinajstić information content (AvgIpc) is 2.70. The molecule has 0 aromatic carbocycles. The third-order valence-electron chi connectivity index (χ3n) is 3.84. The molecular weight excluding hydrogens is 274 g/mol. The Morgan fingerprint density at radius 1 is 1.19 bits per heavy atom. The summed E-state index contributed by atoms with van der Waals surface area (Å²) < 4.78 is 0. The number of rotatable bonds is 4. The van der Waals surface area contributed by atoms with Gasteiger partial charge in [-0.05, 0) is 12.8 Å². The van der Waals surface area contributed by atoms with Crippen LogP contribution in [0.4, 0.5) is 0 Å². The number of allylic oxidation sites excluding steroid dienone is 2. The van der Waals surface area contributed by atoms with Crippen molar-refractivity contribution in [1.29, 1.82) is 0 Å². The van der Waals surface area contributed by atoms with Crippen molar-refractivity contribution in [3.05, 3.63) is 12.2 Å². The maximum atomic E-state index is 12.1. The zero-order chi connectivity index (χ0) is 15.6. The minimum atomic E-state index is -0.501. The van der Waals surface area contributed by atoms with Crippen molar-refractivity contribution >= 4 is 23.6 Å². The number of nitrogens with zero attached hydrogens (tertiary/aromatic N) is 2. The van der Waals surface area contributed by atoms with Crippen molar-refractivity contribution in [2.75, 3.05) is 27.2 Å². The summed E-state index contributed by atoms with van der Waals surface area (Å²) in [5.74, 6) is -2.00. The summed E-state index contributed by atoms with van der Waals surface area (Å²) in [5, 5.41) is 2.42. The van der Waals surface area contributed by atoms with Gasteiger partial charge in [-0.15, -0.1) is 0 Å². The van der Waals surface area contributed by atoms with Gasteiger partial charge in [-0.1, -0.05) is 12.2 Å². The molecule has 1 aliphatic carbocycles. The van der Waals surface area contributed by atoms with Crippen molar-refractivity contribution in [1.82, 2.24) is 15.1 Å². The van der Waals surface area contributed by atoms with E-state index in [1.807, 2.05) is 12.2 Å². The lowest BCUT2D eigenvalue weighted by Gasteiger charge is -2.15. The number of carbonyl (C=O) groups is 4. The number of amides is 4. The Morgan fingerprint density at radius 3 is 2.19 bits per heavy atom. The van der Waals surface area contributed by atoms with Crippen LogP contribution >= 0.6 is 0 Å². The molecule has 0 unspecified atom stereocenters. The van der Waals surface area contributed by atoms with Crippen LogP contribution in [0.5, 0.6) is 0 Å². The van der Waals surface area contributed by atoms with Crippen LogP contribution in [-0.2, 0) is 19.2 Å². The first kappa shape index (κ1) is 15.2. The Labute approximate surface area is 122 Å². The molecule has 0 spiro atoms. The van der Waals surface area contributed by atoms with Gasteiger partial charge in [0, 0.05) is 14.1 Å². The van der Waals surface area contributed by atoms with Gasteiger partial charge in [0.1, 0.15) is 6.54 Å². The Morgan fingerprint density at radius 2 is 1.71 bits per heavy atom. The van der Waals surface area contributed by atoms with Crippen molar-refractivity contribution in [3.8, 4) is 0 Å². The van der Waals surface area contributed by atoms with E-state index in [1.165, 1.54) is 4.90 Å². The lowest BCUT2D eigenvalue weighted by Crippen LogP contribution is -2.44. The molecule has 1 aliphatic heterocycles. The number of imide groups is 1. The van der Waals surface area contributed by atoms with Gasteiger partial charge in [0.2, 0.25) is 23.6 Å². The average molecular weight is 293 g/mol. The molecule has 21 heavy (non-hydrogen) atoms. The second kappa shape index (κ2) is 6.07. The molecule has 0 aromatic rings. The van der Waals surface area contributed by atoms with Crippen LogP contribution in [0.25, 0.3) is 0 Å². The topological polar surface area (TPSA) is 86.8 Å². The van der Waals surface area contributed by atoms with Crippen LogP contribution in [0.3, 0.4) is 0 Å². The molecule has 0 radical (unpaired) electrons. The summed E-state index contributed by atoms with van der Waals surface area (Å²) in [7, 11) is 3.17. The third-order valence-corrected chi connectivity index (χ3v) is 3.84.